The van der Waals surface area contributed by atoms with Crippen molar-refractivity contribution < 1.29 is 0 Å². The maximum Gasteiger partial charge on any atom is 0.191 e. The Balaban J connectivity index is 0.00000225. The molecular formula is C19H28IN5. The molecule has 0 amide bonds. The number of aromatic nitrogens is 2. The van der Waals surface area contributed by atoms with Crippen molar-refractivity contribution in [2.45, 2.75) is 38.6 Å². The highest BCUT2D eigenvalue weighted by molar-refractivity contribution is 14.0. The maximum atomic E-state index is 4.34. The minimum absolute atomic E-state index is 0. The number of hydrogen-bond acceptors (Lipinski definition) is 2. The lowest BCUT2D eigenvalue weighted by molar-refractivity contribution is 0.631. The van der Waals surface area contributed by atoms with Crippen LogP contribution < -0.4 is 10.6 Å². The average molecular weight is 453 g/mol. The minimum atomic E-state index is 0. The number of halogens is 1. The number of nitrogens with one attached hydrogen (secondary N) is 2. The Kier molecular flexibility index (Phi) is 7.74. The standard InChI is InChI=1S/C19H27N5.HI/c1-15(23-19(20-2)21-11-4-6-16-9-10-16)17-7-3-8-18(14-17)24-13-5-12-22-24;/h3,5,7-8,12-16H,4,6,9-11H2,1-2H3,(H2,20,21,23);1H. The van der Waals surface area contributed by atoms with Crippen LogP contribution in [0.3, 0.4) is 0 Å². The van der Waals surface area contributed by atoms with Gasteiger partial charge in [0.25, 0.3) is 0 Å². The third kappa shape index (κ3) is 6.02. The molecule has 25 heavy (non-hydrogen) atoms. The minimum Gasteiger partial charge on any atom is -0.356 e. The number of hydrogen-bond donors (Lipinski definition) is 2. The third-order valence-electron chi connectivity index (χ3n) is 4.49. The van der Waals surface area contributed by atoms with Crippen molar-refractivity contribution in [2.75, 3.05) is 13.6 Å². The van der Waals surface area contributed by atoms with Crippen molar-refractivity contribution in [1.29, 1.82) is 0 Å². The van der Waals surface area contributed by atoms with Gasteiger partial charge in [-0.05, 0) is 49.4 Å². The predicted octanol–water partition coefficient (Wildman–Crippen LogP) is 3.91. The van der Waals surface area contributed by atoms with Crippen LogP contribution in [0.1, 0.15) is 44.2 Å². The number of rotatable bonds is 7. The van der Waals surface area contributed by atoms with E-state index < -0.39 is 0 Å². The SMILES string of the molecule is CN=C(NCCCC1CC1)NC(C)c1cccc(-n2cccn2)c1.I. The first-order valence-corrected chi connectivity index (χ1v) is 8.83. The summed E-state index contributed by atoms with van der Waals surface area (Å²) in [6.07, 6.45) is 9.16. The van der Waals surface area contributed by atoms with Crippen LogP contribution in [0.15, 0.2) is 47.7 Å². The molecule has 1 heterocycles. The van der Waals surface area contributed by atoms with E-state index in [0.29, 0.717) is 0 Å². The normalized spacial score (nSPS) is 15.4. The van der Waals surface area contributed by atoms with Gasteiger partial charge in [0.05, 0.1) is 11.7 Å². The van der Waals surface area contributed by atoms with Gasteiger partial charge in [-0.3, -0.25) is 4.99 Å². The molecule has 1 saturated carbocycles. The highest BCUT2D eigenvalue weighted by Crippen LogP contribution is 2.33. The molecule has 2 N–H and O–H groups in total. The Labute approximate surface area is 167 Å². The van der Waals surface area contributed by atoms with Gasteiger partial charge < -0.3 is 10.6 Å². The first kappa shape index (κ1) is 19.8. The molecule has 1 aliphatic rings. The summed E-state index contributed by atoms with van der Waals surface area (Å²) in [5, 5.41) is 11.2. The molecule has 1 atom stereocenters. The van der Waals surface area contributed by atoms with E-state index in [9.17, 15) is 0 Å². The molecule has 2 aromatic rings. The van der Waals surface area contributed by atoms with E-state index in [1.807, 2.05) is 24.0 Å². The number of guanidine groups is 1. The van der Waals surface area contributed by atoms with Gasteiger partial charge in [-0.15, -0.1) is 24.0 Å². The van der Waals surface area contributed by atoms with Crippen LogP contribution in [0.4, 0.5) is 0 Å². The van der Waals surface area contributed by atoms with E-state index in [2.05, 4.69) is 51.9 Å². The van der Waals surface area contributed by atoms with Crippen molar-refractivity contribution in [3.8, 4) is 5.69 Å². The number of aliphatic imine (C=N–C) groups is 1. The Morgan fingerprint density at radius 3 is 2.88 bits per heavy atom. The summed E-state index contributed by atoms with van der Waals surface area (Å²) in [5.74, 6) is 1.86. The summed E-state index contributed by atoms with van der Waals surface area (Å²) in [6, 6.07) is 10.5. The summed E-state index contributed by atoms with van der Waals surface area (Å²) >= 11 is 0. The molecular weight excluding hydrogens is 425 g/mol. The topological polar surface area (TPSA) is 54.2 Å². The molecule has 1 fully saturated rings. The van der Waals surface area contributed by atoms with Gasteiger partial charge in [0.1, 0.15) is 0 Å². The van der Waals surface area contributed by atoms with Gasteiger partial charge in [0, 0.05) is 26.0 Å². The van der Waals surface area contributed by atoms with Crippen LogP contribution in [0.25, 0.3) is 5.69 Å². The van der Waals surface area contributed by atoms with Crippen molar-refractivity contribution in [3.05, 3.63) is 48.3 Å². The van der Waals surface area contributed by atoms with Crippen LogP contribution in [0.2, 0.25) is 0 Å². The van der Waals surface area contributed by atoms with Crippen LogP contribution in [-0.2, 0) is 0 Å². The van der Waals surface area contributed by atoms with Crippen LogP contribution in [-0.4, -0.2) is 29.3 Å². The fourth-order valence-corrected chi connectivity index (χ4v) is 2.85. The number of benzene rings is 1. The third-order valence-corrected chi connectivity index (χ3v) is 4.49. The molecule has 6 heteroatoms. The second-order valence-corrected chi connectivity index (χ2v) is 6.50. The van der Waals surface area contributed by atoms with E-state index in [-0.39, 0.29) is 30.0 Å². The quantitative estimate of drug-likeness (QED) is 0.289. The highest BCUT2D eigenvalue weighted by Gasteiger charge is 2.20. The van der Waals surface area contributed by atoms with Crippen molar-refractivity contribution in [2.24, 2.45) is 10.9 Å². The Morgan fingerprint density at radius 1 is 1.36 bits per heavy atom. The second kappa shape index (κ2) is 9.79. The molecule has 136 valence electrons. The van der Waals surface area contributed by atoms with Gasteiger partial charge in [-0.25, -0.2) is 4.68 Å². The molecule has 5 nitrogen and oxygen atoms in total. The number of nitrogens with zero attached hydrogens (tertiary/aromatic N) is 3. The van der Waals surface area contributed by atoms with Crippen LogP contribution in [0.5, 0.6) is 0 Å². The van der Waals surface area contributed by atoms with E-state index >= 15 is 0 Å². The first-order chi connectivity index (χ1) is 11.8. The van der Waals surface area contributed by atoms with Crippen LogP contribution >= 0.6 is 24.0 Å². The van der Waals surface area contributed by atoms with Crippen molar-refractivity contribution in [1.82, 2.24) is 20.4 Å². The Hall–Kier alpha value is -1.57. The van der Waals surface area contributed by atoms with Crippen LogP contribution in [0, 0.1) is 5.92 Å². The molecule has 0 saturated heterocycles. The molecule has 0 aliphatic heterocycles. The molecule has 0 bridgehead atoms. The van der Waals surface area contributed by atoms with Gasteiger partial charge in [0.2, 0.25) is 0 Å². The summed E-state index contributed by atoms with van der Waals surface area (Å²) in [4.78, 5) is 4.34. The fraction of sp³-hybridized carbons (Fsp3) is 0.474. The second-order valence-electron chi connectivity index (χ2n) is 6.50. The molecule has 1 aromatic heterocycles. The lowest BCUT2D eigenvalue weighted by Crippen LogP contribution is -2.39. The smallest absolute Gasteiger partial charge is 0.191 e. The molecule has 1 unspecified atom stereocenters. The lowest BCUT2D eigenvalue weighted by Gasteiger charge is -2.19. The molecule has 3 rings (SSSR count). The fourth-order valence-electron chi connectivity index (χ4n) is 2.85. The van der Waals surface area contributed by atoms with E-state index in [4.69, 9.17) is 0 Å². The maximum absolute atomic E-state index is 4.34. The van der Waals surface area contributed by atoms with Gasteiger partial charge in [0.15, 0.2) is 5.96 Å². The average Bonchev–Trinajstić information content (AvgIpc) is 3.27. The Morgan fingerprint density at radius 2 is 2.20 bits per heavy atom. The summed E-state index contributed by atoms with van der Waals surface area (Å²) < 4.78 is 1.88. The lowest BCUT2D eigenvalue weighted by atomic mass is 10.1. The van der Waals surface area contributed by atoms with Crippen molar-refractivity contribution in [3.63, 3.8) is 0 Å². The zero-order chi connectivity index (χ0) is 16.8. The predicted molar refractivity (Wildman–Crippen MR) is 114 cm³/mol. The van der Waals surface area contributed by atoms with Gasteiger partial charge in [-0.1, -0.05) is 25.0 Å². The molecule has 1 aliphatic carbocycles. The summed E-state index contributed by atoms with van der Waals surface area (Å²) in [6.45, 7) is 3.13. The zero-order valence-corrected chi connectivity index (χ0v) is 17.3. The first-order valence-electron chi connectivity index (χ1n) is 8.83. The molecule has 0 spiro atoms. The monoisotopic (exact) mass is 453 g/mol. The molecule has 1 aromatic carbocycles. The van der Waals surface area contributed by atoms with Crippen molar-refractivity contribution >= 4 is 29.9 Å². The molecule has 0 radical (unpaired) electrons. The zero-order valence-electron chi connectivity index (χ0n) is 15.0. The van der Waals surface area contributed by atoms with Gasteiger partial charge >= 0.3 is 0 Å². The van der Waals surface area contributed by atoms with E-state index in [1.165, 1.54) is 31.2 Å². The Bertz CT molecular complexity index is 664. The van der Waals surface area contributed by atoms with Gasteiger partial charge in [-0.2, -0.15) is 5.10 Å². The summed E-state index contributed by atoms with van der Waals surface area (Å²) in [5.41, 5.74) is 2.28. The largest absolute Gasteiger partial charge is 0.356 e. The van der Waals surface area contributed by atoms with E-state index in [1.54, 1.807) is 6.20 Å². The summed E-state index contributed by atoms with van der Waals surface area (Å²) in [7, 11) is 1.82. The highest BCUT2D eigenvalue weighted by atomic mass is 127. The van der Waals surface area contributed by atoms with E-state index in [0.717, 1.165) is 24.1 Å².